The predicted molar refractivity (Wildman–Crippen MR) is 108 cm³/mol. The molecule has 1 aromatic heterocycles. The first kappa shape index (κ1) is 18.1. The van der Waals surface area contributed by atoms with E-state index in [9.17, 15) is 14.9 Å². The number of anilines is 1. The standard InChI is InChI=1S/C22H15N3O4/c26-21(24-16-9-6-10-17(13-16)25(27)28)18-11-4-5-12-19(18)22-23-14-20(29-22)15-7-2-1-3-8-15/h1-14H,(H,24,26). The number of oxazole rings is 1. The Kier molecular flexibility index (Phi) is 4.86. The summed E-state index contributed by atoms with van der Waals surface area (Å²) in [6, 6.07) is 22.2. The van der Waals surface area contributed by atoms with E-state index in [1.165, 1.54) is 18.2 Å². The van der Waals surface area contributed by atoms with Crippen LogP contribution >= 0.6 is 0 Å². The lowest BCUT2D eigenvalue weighted by Gasteiger charge is -2.08. The summed E-state index contributed by atoms with van der Waals surface area (Å²) < 4.78 is 5.87. The molecule has 0 radical (unpaired) electrons. The van der Waals surface area contributed by atoms with Crippen LogP contribution in [-0.4, -0.2) is 15.8 Å². The number of carbonyl (C=O) groups is 1. The molecule has 0 aliphatic carbocycles. The molecule has 0 bridgehead atoms. The number of nitro groups is 1. The van der Waals surface area contributed by atoms with Gasteiger partial charge in [-0.05, 0) is 18.2 Å². The number of hydrogen-bond acceptors (Lipinski definition) is 5. The van der Waals surface area contributed by atoms with Gasteiger partial charge in [0.15, 0.2) is 5.76 Å². The number of rotatable bonds is 5. The predicted octanol–water partition coefficient (Wildman–Crippen LogP) is 5.17. The van der Waals surface area contributed by atoms with Gasteiger partial charge < -0.3 is 9.73 Å². The van der Waals surface area contributed by atoms with Crippen molar-refractivity contribution in [2.24, 2.45) is 0 Å². The van der Waals surface area contributed by atoms with Crippen LogP contribution in [0.25, 0.3) is 22.8 Å². The molecule has 0 saturated heterocycles. The van der Waals surface area contributed by atoms with Gasteiger partial charge in [-0.2, -0.15) is 0 Å². The molecule has 1 N–H and O–H groups in total. The Morgan fingerprint density at radius 2 is 1.72 bits per heavy atom. The molecule has 0 saturated carbocycles. The number of carbonyl (C=O) groups excluding carboxylic acids is 1. The number of amides is 1. The molecular formula is C22H15N3O4. The van der Waals surface area contributed by atoms with Gasteiger partial charge in [-0.3, -0.25) is 14.9 Å². The van der Waals surface area contributed by atoms with Gasteiger partial charge in [0.25, 0.3) is 11.6 Å². The maximum absolute atomic E-state index is 12.8. The Morgan fingerprint density at radius 3 is 2.52 bits per heavy atom. The summed E-state index contributed by atoms with van der Waals surface area (Å²) in [6.07, 6.45) is 1.61. The molecule has 7 nitrogen and oxygen atoms in total. The minimum absolute atomic E-state index is 0.101. The zero-order valence-corrected chi connectivity index (χ0v) is 15.1. The SMILES string of the molecule is O=C(Nc1cccc([N+](=O)[O-])c1)c1ccccc1-c1ncc(-c2ccccc2)o1. The molecule has 1 heterocycles. The van der Waals surface area contributed by atoms with Crippen LogP contribution < -0.4 is 5.32 Å². The molecule has 0 spiro atoms. The lowest BCUT2D eigenvalue weighted by atomic mass is 10.1. The Labute approximate surface area is 165 Å². The van der Waals surface area contributed by atoms with Crippen LogP contribution in [-0.2, 0) is 0 Å². The van der Waals surface area contributed by atoms with E-state index in [0.717, 1.165) is 5.56 Å². The molecule has 3 aromatic carbocycles. The van der Waals surface area contributed by atoms with E-state index < -0.39 is 10.8 Å². The van der Waals surface area contributed by atoms with Gasteiger partial charge in [-0.15, -0.1) is 0 Å². The van der Waals surface area contributed by atoms with Crippen molar-refractivity contribution in [3.63, 3.8) is 0 Å². The average molecular weight is 385 g/mol. The van der Waals surface area contributed by atoms with Gasteiger partial charge in [0.05, 0.1) is 16.7 Å². The van der Waals surface area contributed by atoms with Crippen LogP contribution in [0.1, 0.15) is 10.4 Å². The largest absolute Gasteiger partial charge is 0.436 e. The van der Waals surface area contributed by atoms with Crippen LogP contribution in [0.2, 0.25) is 0 Å². The second-order valence-electron chi connectivity index (χ2n) is 6.20. The summed E-state index contributed by atoms with van der Waals surface area (Å²) in [5.41, 5.74) is 1.98. The first-order valence-corrected chi connectivity index (χ1v) is 8.78. The quantitative estimate of drug-likeness (QED) is 0.377. The van der Waals surface area contributed by atoms with E-state index in [0.29, 0.717) is 28.5 Å². The lowest BCUT2D eigenvalue weighted by Crippen LogP contribution is -2.13. The van der Waals surface area contributed by atoms with Crippen LogP contribution in [0, 0.1) is 10.1 Å². The summed E-state index contributed by atoms with van der Waals surface area (Å²) in [4.78, 5) is 27.6. The molecule has 0 aliphatic rings. The molecule has 0 aliphatic heterocycles. The van der Waals surface area contributed by atoms with E-state index in [-0.39, 0.29) is 5.69 Å². The second-order valence-corrected chi connectivity index (χ2v) is 6.20. The Bertz CT molecular complexity index is 1190. The minimum Gasteiger partial charge on any atom is -0.436 e. The van der Waals surface area contributed by atoms with Crippen molar-refractivity contribution in [3.05, 3.63) is 101 Å². The molecule has 0 atom stereocenters. The summed E-state index contributed by atoms with van der Waals surface area (Å²) in [6.45, 7) is 0. The monoisotopic (exact) mass is 385 g/mol. The minimum atomic E-state index is -0.512. The van der Waals surface area contributed by atoms with E-state index in [1.807, 2.05) is 30.3 Å². The van der Waals surface area contributed by atoms with Gasteiger partial charge in [0, 0.05) is 28.9 Å². The van der Waals surface area contributed by atoms with Crippen LogP contribution in [0.15, 0.2) is 89.5 Å². The molecule has 0 fully saturated rings. The smallest absolute Gasteiger partial charge is 0.271 e. The van der Waals surface area contributed by atoms with Crippen LogP contribution in [0.4, 0.5) is 11.4 Å². The zero-order chi connectivity index (χ0) is 20.2. The normalized spacial score (nSPS) is 10.5. The van der Waals surface area contributed by atoms with E-state index in [1.54, 1.807) is 36.5 Å². The molecule has 1 amide bonds. The number of benzene rings is 3. The summed E-state index contributed by atoms with van der Waals surface area (Å²) >= 11 is 0. The van der Waals surface area contributed by atoms with Crippen molar-refractivity contribution < 1.29 is 14.1 Å². The topological polar surface area (TPSA) is 98.3 Å². The maximum Gasteiger partial charge on any atom is 0.271 e. The summed E-state index contributed by atoms with van der Waals surface area (Å²) in [5.74, 6) is 0.490. The summed E-state index contributed by atoms with van der Waals surface area (Å²) in [7, 11) is 0. The second kappa shape index (κ2) is 7.77. The fourth-order valence-electron chi connectivity index (χ4n) is 2.90. The van der Waals surface area contributed by atoms with Crippen LogP contribution in [0.3, 0.4) is 0 Å². The molecule has 4 aromatic rings. The fraction of sp³-hybridized carbons (Fsp3) is 0. The molecular weight excluding hydrogens is 370 g/mol. The third-order valence-electron chi connectivity index (χ3n) is 4.28. The van der Waals surface area contributed by atoms with E-state index in [2.05, 4.69) is 10.3 Å². The molecule has 0 unspecified atom stereocenters. The Balaban J connectivity index is 1.64. The van der Waals surface area contributed by atoms with Crippen molar-refractivity contribution >= 4 is 17.3 Å². The zero-order valence-electron chi connectivity index (χ0n) is 15.1. The van der Waals surface area contributed by atoms with Gasteiger partial charge >= 0.3 is 0 Å². The third kappa shape index (κ3) is 3.89. The number of aromatic nitrogens is 1. The van der Waals surface area contributed by atoms with E-state index >= 15 is 0 Å². The van der Waals surface area contributed by atoms with Gasteiger partial charge in [-0.25, -0.2) is 4.98 Å². The highest BCUT2D eigenvalue weighted by molar-refractivity contribution is 6.08. The average Bonchev–Trinajstić information content (AvgIpc) is 3.25. The van der Waals surface area contributed by atoms with Crippen molar-refractivity contribution in [2.45, 2.75) is 0 Å². The van der Waals surface area contributed by atoms with Crippen molar-refractivity contribution in [1.29, 1.82) is 0 Å². The molecule has 142 valence electrons. The third-order valence-corrected chi connectivity index (χ3v) is 4.28. The number of non-ortho nitro benzene ring substituents is 1. The van der Waals surface area contributed by atoms with E-state index in [4.69, 9.17) is 4.42 Å². The van der Waals surface area contributed by atoms with Crippen LogP contribution in [0.5, 0.6) is 0 Å². The Hall–Kier alpha value is -4.26. The van der Waals surface area contributed by atoms with Gasteiger partial charge in [-0.1, -0.05) is 48.5 Å². The lowest BCUT2D eigenvalue weighted by molar-refractivity contribution is -0.384. The Morgan fingerprint density at radius 1 is 0.966 bits per heavy atom. The first-order chi connectivity index (χ1) is 14.1. The number of nitrogens with zero attached hydrogens (tertiary/aromatic N) is 2. The van der Waals surface area contributed by atoms with Crippen molar-refractivity contribution in [3.8, 4) is 22.8 Å². The van der Waals surface area contributed by atoms with Crippen molar-refractivity contribution in [1.82, 2.24) is 4.98 Å². The number of hydrogen-bond donors (Lipinski definition) is 1. The highest BCUT2D eigenvalue weighted by Gasteiger charge is 2.17. The highest BCUT2D eigenvalue weighted by Crippen LogP contribution is 2.28. The maximum atomic E-state index is 12.8. The first-order valence-electron chi connectivity index (χ1n) is 8.78. The molecule has 7 heteroatoms. The number of nitro benzene ring substituents is 1. The van der Waals surface area contributed by atoms with Gasteiger partial charge in [0.1, 0.15) is 0 Å². The summed E-state index contributed by atoms with van der Waals surface area (Å²) in [5, 5.41) is 13.6. The number of nitrogens with one attached hydrogen (secondary N) is 1. The highest BCUT2D eigenvalue weighted by atomic mass is 16.6. The fourth-order valence-corrected chi connectivity index (χ4v) is 2.90. The van der Waals surface area contributed by atoms with Gasteiger partial charge in [0.2, 0.25) is 5.89 Å². The molecule has 4 rings (SSSR count). The molecule has 29 heavy (non-hydrogen) atoms. The van der Waals surface area contributed by atoms with Crippen molar-refractivity contribution in [2.75, 3.05) is 5.32 Å².